The monoisotopic (exact) mass is 737 g/mol. The van der Waals surface area contributed by atoms with Gasteiger partial charge in [-0.2, -0.15) is 0 Å². The zero-order valence-corrected chi connectivity index (χ0v) is 31.2. The summed E-state index contributed by atoms with van der Waals surface area (Å²) in [5, 5.41) is 3.37. The smallest absolute Gasteiger partial charge is 0.265 e. The van der Waals surface area contributed by atoms with E-state index in [1.165, 1.54) is 57.6 Å². The minimum Gasteiger partial charge on any atom is -0.497 e. The number of nitrogens with zero attached hydrogens (tertiary/aromatic N) is 2. The summed E-state index contributed by atoms with van der Waals surface area (Å²) in [6.07, 6.45) is 0.159. The molecule has 0 heterocycles. The summed E-state index contributed by atoms with van der Waals surface area (Å²) in [4.78, 5) is 30.1. The Bertz CT molecular complexity index is 1910. The van der Waals surface area contributed by atoms with E-state index in [1.54, 1.807) is 36.4 Å². The van der Waals surface area contributed by atoms with Gasteiger partial charge in [0.2, 0.25) is 11.8 Å². The zero-order chi connectivity index (χ0) is 37.1. The molecule has 1 atom stereocenters. The van der Waals surface area contributed by atoms with Gasteiger partial charge in [0.25, 0.3) is 10.0 Å². The van der Waals surface area contributed by atoms with E-state index in [4.69, 9.17) is 30.5 Å². The van der Waals surface area contributed by atoms with Crippen LogP contribution in [0, 0.1) is 5.92 Å². The zero-order valence-electron chi connectivity index (χ0n) is 29.6. The molecule has 1 N–H and O–H groups in total. The van der Waals surface area contributed by atoms with Crippen LogP contribution in [0.1, 0.15) is 25.0 Å². The molecule has 0 radical (unpaired) electrons. The van der Waals surface area contributed by atoms with Crippen molar-refractivity contribution in [1.82, 2.24) is 10.2 Å². The van der Waals surface area contributed by atoms with Crippen LogP contribution in [0.3, 0.4) is 0 Å². The predicted molar refractivity (Wildman–Crippen MR) is 197 cm³/mol. The van der Waals surface area contributed by atoms with Gasteiger partial charge in [-0.3, -0.25) is 13.9 Å². The van der Waals surface area contributed by atoms with Crippen LogP contribution >= 0.6 is 11.6 Å². The molecule has 13 heteroatoms. The minimum absolute atomic E-state index is 0.0431. The fourth-order valence-corrected chi connectivity index (χ4v) is 7.02. The number of nitrogens with one attached hydrogen (secondary N) is 1. The Morgan fingerprint density at radius 1 is 0.784 bits per heavy atom. The van der Waals surface area contributed by atoms with E-state index in [0.29, 0.717) is 28.6 Å². The van der Waals surface area contributed by atoms with Gasteiger partial charge in [-0.1, -0.05) is 74.0 Å². The first-order valence-corrected chi connectivity index (χ1v) is 18.1. The Balaban J connectivity index is 1.90. The predicted octanol–water partition coefficient (Wildman–Crippen LogP) is 5.98. The van der Waals surface area contributed by atoms with Gasteiger partial charge in [0.05, 0.1) is 39.0 Å². The Morgan fingerprint density at radius 3 is 2.06 bits per heavy atom. The summed E-state index contributed by atoms with van der Waals surface area (Å²) in [5.41, 5.74) is 1.43. The van der Waals surface area contributed by atoms with Crippen molar-refractivity contribution in [3.63, 3.8) is 0 Å². The Hall–Kier alpha value is -4.94. The average molecular weight is 738 g/mol. The van der Waals surface area contributed by atoms with E-state index in [-0.39, 0.29) is 46.9 Å². The molecule has 0 bridgehead atoms. The van der Waals surface area contributed by atoms with Crippen molar-refractivity contribution in [1.29, 1.82) is 0 Å². The lowest BCUT2D eigenvalue weighted by atomic mass is 10.0. The maximum atomic E-state index is 14.9. The number of ether oxygens (including phenoxy) is 4. The largest absolute Gasteiger partial charge is 0.497 e. The Labute approximate surface area is 305 Å². The van der Waals surface area contributed by atoms with Crippen molar-refractivity contribution in [2.24, 2.45) is 5.92 Å². The second kappa shape index (κ2) is 17.8. The van der Waals surface area contributed by atoms with Crippen LogP contribution in [-0.2, 0) is 32.6 Å². The van der Waals surface area contributed by atoms with E-state index in [9.17, 15) is 18.0 Å². The number of carbonyl (C=O) groups excluding carboxylic acids is 2. The van der Waals surface area contributed by atoms with Gasteiger partial charge >= 0.3 is 0 Å². The van der Waals surface area contributed by atoms with Gasteiger partial charge in [0, 0.05) is 36.7 Å². The molecule has 0 spiro atoms. The van der Waals surface area contributed by atoms with E-state index >= 15 is 0 Å². The third kappa shape index (κ3) is 9.65. The van der Waals surface area contributed by atoms with E-state index in [0.717, 1.165) is 9.87 Å². The van der Waals surface area contributed by atoms with Crippen LogP contribution in [0.15, 0.2) is 95.9 Å². The second-order valence-electron chi connectivity index (χ2n) is 12.0. The number of halogens is 1. The molecule has 0 unspecified atom stereocenters. The quantitative estimate of drug-likeness (QED) is 0.140. The summed E-state index contributed by atoms with van der Waals surface area (Å²) in [7, 11) is 1.16. The average Bonchev–Trinajstić information content (AvgIpc) is 3.14. The van der Waals surface area contributed by atoms with Gasteiger partial charge in [0.1, 0.15) is 24.1 Å². The number of benzene rings is 4. The number of amides is 2. The Morgan fingerprint density at radius 2 is 1.43 bits per heavy atom. The van der Waals surface area contributed by atoms with E-state index in [2.05, 4.69) is 5.32 Å². The molecule has 0 saturated heterocycles. The topological polar surface area (TPSA) is 124 Å². The fraction of sp³-hybridized carbons (Fsp3) is 0.316. The highest BCUT2D eigenvalue weighted by Crippen LogP contribution is 2.38. The first-order valence-electron chi connectivity index (χ1n) is 16.2. The van der Waals surface area contributed by atoms with Crippen molar-refractivity contribution in [2.45, 2.75) is 37.8 Å². The normalized spacial score (nSPS) is 11.8. The van der Waals surface area contributed by atoms with Crippen molar-refractivity contribution in [3.8, 4) is 23.0 Å². The van der Waals surface area contributed by atoms with Crippen molar-refractivity contribution >= 4 is 39.1 Å². The third-order valence-corrected chi connectivity index (χ3v) is 10.3. The highest BCUT2D eigenvalue weighted by molar-refractivity contribution is 7.92. The highest BCUT2D eigenvalue weighted by atomic mass is 35.5. The molecule has 272 valence electrons. The summed E-state index contributed by atoms with van der Waals surface area (Å²) in [6.45, 7) is 3.52. The van der Waals surface area contributed by atoms with Gasteiger partial charge in [0.15, 0.2) is 11.5 Å². The maximum Gasteiger partial charge on any atom is 0.265 e. The fourth-order valence-electron chi connectivity index (χ4n) is 5.40. The molecule has 2 amide bonds. The standard InChI is InChI=1S/C38H44ClN3O8S/c1-26(2)23-40-38(44)33(20-27-12-8-7-9-13-27)41(24-28-14-10-11-15-31(28)39)37(43)25-42(32-21-29(47-3)16-18-34(32)48-4)51(45,46)30-17-19-35(49-5)36(22-30)50-6/h7-19,21-22,26,33H,20,23-25H2,1-6H3,(H,40,44)/t33-/m0/s1. The molecule has 4 rings (SSSR count). The summed E-state index contributed by atoms with van der Waals surface area (Å²) < 4.78 is 52.1. The molecule has 0 aliphatic heterocycles. The summed E-state index contributed by atoms with van der Waals surface area (Å²) in [6, 6.07) is 24.1. The minimum atomic E-state index is -4.52. The summed E-state index contributed by atoms with van der Waals surface area (Å²) in [5.74, 6) is 0.0783. The number of methoxy groups -OCH3 is 4. The van der Waals surface area contributed by atoms with Crippen molar-refractivity contribution < 1.29 is 37.0 Å². The SMILES string of the molecule is COc1ccc(OC)c(N(CC(=O)N(Cc2ccccc2Cl)[C@@H](Cc2ccccc2)C(=O)NCC(C)C)S(=O)(=O)c2ccc(OC)c(OC)c2)c1. The van der Waals surface area contributed by atoms with Crippen molar-refractivity contribution in [2.75, 3.05) is 45.8 Å². The van der Waals surface area contributed by atoms with Crippen LogP contribution in [0.25, 0.3) is 0 Å². The Kier molecular flexibility index (Phi) is 13.6. The molecule has 0 aliphatic carbocycles. The summed E-state index contributed by atoms with van der Waals surface area (Å²) >= 11 is 6.60. The molecule has 0 fully saturated rings. The second-order valence-corrected chi connectivity index (χ2v) is 14.3. The third-order valence-electron chi connectivity index (χ3n) is 8.13. The van der Waals surface area contributed by atoms with Gasteiger partial charge in [-0.25, -0.2) is 8.42 Å². The lowest BCUT2D eigenvalue weighted by molar-refractivity contribution is -0.140. The molecular weight excluding hydrogens is 694 g/mol. The molecule has 51 heavy (non-hydrogen) atoms. The van der Waals surface area contributed by atoms with Crippen LogP contribution in [0.4, 0.5) is 5.69 Å². The number of sulfonamides is 1. The molecule has 0 aliphatic rings. The van der Waals surface area contributed by atoms with Gasteiger partial charge in [-0.15, -0.1) is 0 Å². The molecule has 11 nitrogen and oxygen atoms in total. The van der Waals surface area contributed by atoms with E-state index in [1.807, 2.05) is 44.2 Å². The lowest BCUT2D eigenvalue weighted by Gasteiger charge is -2.34. The van der Waals surface area contributed by atoms with Crippen molar-refractivity contribution in [3.05, 3.63) is 107 Å². The van der Waals surface area contributed by atoms with E-state index < -0.39 is 28.5 Å². The first-order chi connectivity index (χ1) is 24.4. The van der Waals surface area contributed by atoms with Gasteiger partial charge < -0.3 is 29.2 Å². The molecule has 4 aromatic carbocycles. The lowest BCUT2D eigenvalue weighted by Crippen LogP contribution is -2.53. The van der Waals surface area contributed by atoms with Crippen LogP contribution in [-0.4, -0.2) is 72.7 Å². The number of anilines is 1. The van der Waals surface area contributed by atoms with Crippen LogP contribution < -0.4 is 28.6 Å². The molecular formula is C38H44ClN3O8S. The first kappa shape index (κ1) is 38.9. The van der Waals surface area contributed by atoms with Crippen LogP contribution in [0.2, 0.25) is 5.02 Å². The highest BCUT2D eigenvalue weighted by Gasteiger charge is 2.36. The molecule has 0 aromatic heterocycles. The maximum absolute atomic E-state index is 14.9. The van der Waals surface area contributed by atoms with Gasteiger partial charge in [-0.05, 0) is 47.4 Å². The number of carbonyl (C=O) groups is 2. The molecule has 0 saturated carbocycles. The molecule has 4 aromatic rings. The number of hydrogen-bond acceptors (Lipinski definition) is 8. The van der Waals surface area contributed by atoms with Crippen LogP contribution in [0.5, 0.6) is 23.0 Å². The number of hydrogen-bond donors (Lipinski definition) is 1. The number of rotatable bonds is 17.